The highest BCUT2D eigenvalue weighted by atomic mass is 32.2. The third kappa shape index (κ3) is 19.7. The van der Waals surface area contributed by atoms with Gasteiger partial charge in [-0.25, -0.2) is 33.7 Å². The van der Waals surface area contributed by atoms with Crippen molar-refractivity contribution in [1.82, 2.24) is 0 Å². The van der Waals surface area contributed by atoms with E-state index < -0.39 is 39.3 Å². The van der Waals surface area contributed by atoms with Crippen molar-refractivity contribution in [3.63, 3.8) is 0 Å². The summed E-state index contributed by atoms with van der Waals surface area (Å²) in [5.74, 6) is 0. The number of rotatable bonds is 16. The van der Waals surface area contributed by atoms with Crippen molar-refractivity contribution in [2.24, 2.45) is 0 Å². The van der Waals surface area contributed by atoms with Gasteiger partial charge in [0.15, 0.2) is 0 Å². The molecular formula is C104H88O8S4. The molecule has 0 N–H and O–H groups in total. The normalized spacial score (nSPS) is 11.4. The quantitative estimate of drug-likeness (QED) is 0.0933. The summed E-state index contributed by atoms with van der Waals surface area (Å²) in [6.45, 7) is 16.2. The molecule has 8 nitrogen and oxygen atoms in total. The predicted molar refractivity (Wildman–Crippen MR) is 475 cm³/mol. The first-order chi connectivity index (χ1) is 55.7. The van der Waals surface area contributed by atoms with Gasteiger partial charge in [0.25, 0.3) is 0 Å². The minimum absolute atomic E-state index is 0.292. The monoisotopic (exact) mass is 1590 g/mol. The van der Waals surface area contributed by atoms with E-state index in [2.05, 4.69) is 147 Å². The fourth-order valence-electron chi connectivity index (χ4n) is 13.1. The highest BCUT2D eigenvalue weighted by Crippen LogP contribution is 2.35. The molecule has 12 heteroatoms. The van der Waals surface area contributed by atoms with Crippen LogP contribution < -0.4 is 0 Å². The van der Waals surface area contributed by atoms with E-state index in [1.165, 1.54) is 44.5 Å². The Kier molecular flexibility index (Phi) is 25.1. The fourth-order valence-corrected chi connectivity index (χ4v) is 18.2. The first-order valence-electron chi connectivity index (χ1n) is 38.1. The highest BCUT2D eigenvalue weighted by molar-refractivity contribution is 7.92. The van der Waals surface area contributed by atoms with Gasteiger partial charge in [-0.3, -0.25) is 0 Å². The second kappa shape index (κ2) is 35.8. The summed E-state index contributed by atoms with van der Waals surface area (Å²) in [7, 11) is -14.1. The van der Waals surface area contributed by atoms with Crippen LogP contribution in [0.25, 0.3) is 89.0 Å². The van der Waals surface area contributed by atoms with Gasteiger partial charge in [0, 0.05) is 0 Å². The minimum Gasteiger partial charge on any atom is -0.219 e. The van der Waals surface area contributed by atoms with Crippen LogP contribution >= 0.6 is 0 Å². The van der Waals surface area contributed by atoms with Crippen molar-refractivity contribution in [3.05, 3.63) is 433 Å². The van der Waals surface area contributed by atoms with Crippen LogP contribution in [0.3, 0.4) is 0 Å². The third-order valence-electron chi connectivity index (χ3n) is 20.4. The molecule has 16 aromatic rings. The van der Waals surface area contributed by atoms with Gasteiger partial charge in [-0.15, -0.1) is 0 Å². The molecule has 576 valence electrons. The van der Waals surface area contributed by atoms with E-state index in [4.69, 9.17) is 0 Å². The standard InChI is InChI=1S/C32H26O2S.2C26H22O2S.C20H18O2S/c1-23-3-7-25(8-4-23)27-11-13-28(14-12-27)30-17-21-32(22-18-30)35(33,34)31-19-15-29(16-20-31)26-9-5-24(2)6-10-26;1-19-3-7-21(8-4-19)22-9-11-23(12-10-22)24-13-17-26(18-14-24)29(27,28)25-15-5-20(2)6-16-25;1-19-3-7-21(8-4-19)23-11-15-25(16-12-23)29(27,28)26-17-13-24(14-18-26)22-9-5-20(2)6-10-22;1-15-3-7-17(8-4-15)18-9-13-20(14-10-18)23(21,22)19-11-5-16(2)6-12-19/h3-22H,1-2H3;2*3-18H,1-2H3;3-14H,1-2H3. The summed E-state index contributed by atoms with van der Waals surface area (Å²) in [5.41, 5.74) is 26.4. The van der Waals surface area contributed by atoms with Crippen molar-refractivity contribution in [1.29, 1.82) is 0 Å². The van der Waals surface area contributed by atoms with Gasteiger partial charge in [-0.05, 0) is 241 Å². The first-order valence-corrected chi connectivity index (χ1v) is 44.0. The Balaban J connectivity index is 0.000000136. The van der Waals surface area contributed by atoms with Crippen LogP contribution in [0.1, 0.15) is 44.5 Å². The van der Waals surface area contributed by atoms with Crippen molar-refractivity contribution in [2.75, 3.05) is 0 Å². The lowest BCUT2D eigenvalue weighted by Crippen LogP contribution is -2.01. The molecule has 0 aromatic heterocycles. The molecule has 0 saturated carbocycles. The number of aryl methyl sites for hydroxylation is 8. The summed E-state index contributed by atoms with van der Waals surface area (Å²) in [5, 5.41) is 0. The molecule has 0 fully saturated rings. The molecule has 0 spiro atoms. The Morgan fingerprint density at radius 1 is 0.103 bits per heavy atom. The van der Waals surface area contributed by atoms with Crippen molar-refractivity contribution < 1.29 is 33.7 Å². The van der Waals surface area contributed by atoms with E-state index >= 15 is 0 Å². The van der Waals surface area contributed by atoms with Crippen LogP contribution in [0, 0.1) is 55.4 Å². The van der Waals surface area contributed by atoms with E-state index in [1.807, 2.05) is 199 Å². The number of sulfone groups is 4. The maximum absolute atomic E-state index is 13.2. The lowest BCUT2D eigenvalue weighted by atomic mass is 10.00. The summed E-state index contributed by atoms with van der Waals surface area (Å²) < 4.78 is 103. The average molecular weight is 1590 g/mol. The molecule has 0 aliphatic rings. The van der Waals surface area contributed by atoms with Crippen molar-refractivity contribution >= 4 is 39.3 Å². The van der Waals surface area contributed by atoms with Gasteiger partial charge in [-0.2, -0.15) is 0 Å². The second-order valence-electron chi connectivity index (χ2n) is 29.1. The Morgan fingerprint density at radius 2 is 0.164 bits per heavy atom. The molecule has 0 atom stereocenters. The van der Waals surface area contributed by atoms with E-state index in [1.54, 1.807) is 97.1 Å². The van der Waals surface area contributed by atoms with E-state index in [9.17, 15) is 33.7 Å². The van der Waals surface area contributed by atoms with Crippen molar-refractivity contribution in [3.8, 4) is 89.0 Å². The predicted octanol–water partition coefficient (Wildman–Crippen LogP) is 25.9. The van der Waals surface area contributed by atoms with Gasteiger partial charge in [0.2, 0.25) is 39.3 Å². The Labute approximate surface area is 684 Å². The molecule has 0 saturated heterocycles. The molecule has 0 bridgehead atoms. The molecule has 0 aliphatic heterocycles. The van der Waals surface area contributed by atoms with E-state index in [0.717, 1.165) is 89.0 Å². The number of hydrogen-bond acceptors (Lipinski definition) is 8. The van der Waals surface area contributed by atoms with Crippen LogP contribution in [0.15, 0.2) is 427 Å². The second-order valence-corrected chi connectivity index (χ2v) is 36.9. The first kappa shape index (κ1) is 81.3. The number of benzene rings is 16. The molecule has 0 amide bonds. The molecular weight excluding hydrogens is 1510 g/mol. The minimum atomic E-state index is -3.59. The van der Waals surface area contributed by atoms with Gasteiger partial charge >= 0.3 is 0 Å². The van der Waals surface area contributed by atoms with Crippen LogP contribution in [0.2, 0.25) is 0 Å². The molecule has 0 aliphatic carbocycles. The van der Waals surface area contributed by atoms with Crippen LogP contribution in [-0.2, 0) is 39.3 Å². The Morgan fingerprint density at radius 3 is 0.259 bits per heavy atom. The lowest BCUT2D eigenvalue weighted by molar-refractivity contribution is 0.594. The SMILES string of the molecule is Cc1ccc(-c2ccc(-c3ccc(S(=O)(=O)c4ccc(-c5ccc(C)cc5)cc4)cc3)cc2)cc1.Cc1ccc(-c2ccc(-c3ccc(S(=O)(=O)c4ccc(C)cc4)cc3)cc2)cc1.Cc1ccc(-c2ccc(S(=O)(=O)c3ccc(-c4ccc(C)cc4)cc3)cc2)cc1.Cc1ccc(-c2ccc(S(=O)(=O)c3ccc(C)cc3)cc2)cc1. The third-order valence-corrected chi connectivity index (χ3v) is 27.5. The van der Waals surface area contributed by atoms with Gasteiger partial charge in [0.05, 0.1) is 39.2 Å². The Hall–Kier alpha value is -12.7. The summed E-state index contributed by atoms with van der Waals surface area (Å²) in [6.07, 6.45) is 0. The maximum Gasteiger partial charge on any atom is 0.206 e. The number of hydrogen-bond donors (Lipinski definition) is 0. The molecule has 116 heavy (non-hydrogen) atoms. The molecule has 0 unspecified atom stereocenters. The van der Waals surface area contributed by atoms with Crippen LogP contribution in [0.5, 0.6) is 0 Å². The largest absolute Gasteiger partial charge is 0.219 e. The average Bonchev–Trinajstić information content (AvgIpc) is 0.792. The zero-order valence-electron chi connectivity index (χ0n) is 65.8. The fraction of sp³-hybridized carbons (Fsp3) is 0.0769. The van der Waals surface area contributed by atoms with Crippen LogP contribution in [0.4, 0.5) is 0 Å². The lowest BCUT2D eigenvalue weighted by Gasteiger charge is -2.09. The Bertz CT molecular complexity index is 6410. The van der Waals surface area contributed by atoms with E-state index in [0.29, 0.717) is 39.2 Å². The van der Waals surface area contributed by atoms with Gasteiger partial charge in [-0.1, -0.05) is 336 Å². The zero-order valence-corrected chi connectivity index (χ0v) is 69.1. The van der Waals surface area contributed by atoms with Crippen LogP contribution in [-0.4, -0.2) is 33.7 Å². The van der Waals surface area contributed by atoms with Gasteiger partial charge < -0.3 is 0 Å². The van der Waals surface area contributed by atoms with E-state index in [-0.39, 0.29) is 0 Å². The summed E-state index contributed by atoms with van der Waals surface area (Å²) >= 11 is 0. The van der Waals surface area contributed by atoms with Crippen molar-refractivity contribution in [2.45, 2.75) is 94.6 Å². The zero-order chi connectivity index (χ0) is 81.7. The molecule has 0 heterocycles. The molecule has 16 rings (SSSR count). The highest BCUT2D eigenvalue weighted by Gasteiger charge is 2.22. The maximum atomic E-state index is 13.2. The molecule has 16 aromatic carbocycles. The topological polar surface area (TPSA) is 137 Å². The van der Waals surface area contributed by atoms with Gasteiger partial charge in [0.1, 0.15) is 0 Å². The summed E-state index contributed by atoms with van der Waals surface area (Å²) in [6, 6.07) is 123. The summed E-state index contributed by atoms with van der Waals surface area (Å²) in [4.78, 5) is 2.46. The smallest absolute Gasteiger partial charge is 0.206 e. The molecule has 0 radical (unpaired) electrons.